The Balaban J connectivity index is 2.78. The predicted molar refractivity (Wildman–Crippen MR) is 60.0 cm³/mol. The third-order valence-corrected chi connectivity index (χ3v) is 2.54. The number of nitrogens with zero attached hydrogens (tertiary/aromatic N) is 1. The molecular weight excluding hydrogens is 244 g/mol. The van der Waals surface area contributed by atoms with E-state index >= 15 is 0 Å². The fraction of sp³-hybridized carbons (Fsp3) is 0.500. The second kappa shape index (κ2) is 5.44. The lowest BCUT2D eigenvalue weighted by Gasteiger charge is -2.16. The first-order chi connectivity index (χ1) is 6.63. The minimum Gasteiger partial charge on any atom is -0.393 e. The quantitative estimate of drug-likeness (QED) is 0.864. The molecule has 0 aromatic carbocycles. The summed E-state index contributed by atoms with van der Waals surface area (Å²) >= 11 is 3.36. The molecule has 1 rings (SSSR count). The zero-order valence-electron chi connectivity index (χ0n) is 8.15. The maximum atomic E-state index is 9.30. The van der Waals surface area contributed by atoms with Crippen LogP contribution < -0.4 is 5.73 Å². The summed E-state index contributed by atoms with van der Waals surface area (Å²) in [5.74, 6) is 0.181. The van der Waals surface area contributed by atoms with Crippen LogP contribution in [0.15, 0.2) is 22.9 Å². The van der Waals surface area contributed by atoms with Crippen LogP contribution in [0.4, 0.5) is 0 Å². The molecule has 2 unspecified atom stereocenters. The highest BCUT2D eigenvalue weighted by molar-refractivity contribution is 9.10. The Bertz CT molecular complexity index is 291. The van der Waals surface area contributed by atoms with E-state index in [2.05, 4.69) is 20.9 Å². The van der Waals surface area contributed by atoms with Crippen molar-refractivity contribution in [2.45, 2.75) is 25.4 Å². The van der Waals surface area contributed by atoms with Gasteiger partial charge in [0, 0.05) is 22.8 Å². The maximum absolute atomic E-state index is 9.30. The topological polar surface area (TPSA) is 59.1 Å². The van der Waals surface area contributed by atoms with Gasteiger partial charge in [-0.2, -0.15) is 0 Å². The molecule has 4 heteroatoms. The first kappa shape index (κ1) is 11.6. The molecule has 1 aromatic rings. The number of rotatable bonds is 4. The van der Waals surface area contributed by atoms with E-state index in [4.69, 9.17) is 5.73 Å². The van der Waals surface area contributed by atoms with Crippen LogP contribution in [0, 0.1) is 0 Å². The first-order valence-electron chi connectivity index (χ1n) is 4.62. The van der Waals surface area contributed by atoms with Crippen molar-refractivity contribution in [1.82, 2.24) is 4.98 Å². The van der Waals surface area contributed by atoms with Gasteiger partial charge >= 0.3 is 0 Å². The zero-order chi connectivity index (χ0) is 10.6. The molecule has 0 aliphatic heterocycles. The van der Waals surface area contributed by atoms with Gasteiger partial charge in [0.15, 0.2) is 0 Å². The standard InChI is InChI=1S/C10H15BrN2O/c1-7(14)2-8(4-12)9-3-10(11)6-13-5-9/h3,5-8,14H,2,4,12H2,1H3. The van der Waals surface area contributed by atoms with Crippen LogP contribution in [0.5, 0.6) is 0 Å². The Kier molecular flexibility index (Phi) is 4.51. The average Bonchev–Trinajstić information content (AvgIpc) is 2.14. The third kappa shape index (κ3) is 3.36. The van der Waals surface area contributed by atoms with E-state index in [-0.39, 0.29) is 12.0 Å². The molecule has 0 amide bonds. The Morgan fingerprint density at radius 2 is 2.29 bits per heavy atom. The molecule has 1 heterocycles. The number of pyridine rings is 1. The third-order valence-electron chi connectivity index (χ3n) is 2.11. The van der Waals surface area contributed by atoms with Crippen molar-refractivity contribution in [3.8, 4) is 0 Å². The number of aliphatic hydroxyl groups is 1. The van der Waals surface area contributed by atoms with Crippen molar-refractivity contribution < 1.29 is 5.11 Å². The van der Waals surface area contributed by atoms with Crippen molar-refractivity contribution in [1.29, 1.82) is 0 Å². The number of aromatic nitrogens is 1. The lowest BCUT2D eigenvalue weighted by atomic mass is 9.95. The minimum atomic E-state index is -0.331. The van der Waals surface area contributed by atoms with E-state index in [9.17, 15) is 5.11 Å². The van der Waals surface area contributed by atoms with E-state index in [0.717, 1.165) is 10.0 Å². The number of nitrogens with two attached hydrogens (primary N) is 1. The highest BCUT2D eigenvalue weighted by atomic mass is 79.9. The molecule has 78 valence electrons. The van der Waals surface area contributed by atoms with E-state index < -0.39 is 0 Å². The summed E-state index contributed by atoms with van der Waals surface area (Å²) in [5.41, 5.74) is 6.72. The Morgan fingerprint density at radius 3 is 2.79 bits per heavy atom. The van der Waals surface area contributed by atoms with E-state index in [1.807, 2.05) is 6.07 Å². The highest BCUT2D eigenvalue weighted by Crippen LogP contribution is 2.22. The normalized spacial score (nSPS) is 15.1. The van der Waals surface area contributed by atoms with Gasteiger partial charge in [0.1, 0.15) is 0 Å². The molecular formula is C10H15BrN2O. The van der Waals surface area contributed by atoms with Crippen LogP contribution in [0.2, 0.25) is 0 Å². The molecule has 14 heavy (non-hydrogen) atoms. The monoisotopic (exact) mass is 258 g/mol. The molecule has 2 atom stereocenters. The van der Waals surface area contributed by atoms with E-state index in [1.165, 1.54) is 0 Å². The molecule has 0 saturated heterocycles. The number of hydrogen-bond acceptors (Lipinski definition) is 3. The summed E-state index contributed by atoms with van der Waals surface area (Å²) in [4.78, 5) is 4.08. The molecule has 0 radical (unpaired) electrons. The fourth-order valence-electron chi connectivity index (χ4n) is 1.43. The van der Waals surface area contributed by atoms with Gasteiger partial charge in [-0.05, 0) is 47.4 Å². The van der Waals surface area contributed by atoms with Crippen LogP contribution in [0.25, 0.3) is 0 Å². The van der Waals surface area contributed by atoms with E-state index in [1.54, 1.807) is 19.3 Å². The molecule has 0 spiro atoms. The van der Waals surface area contributed by atoms with E-state index in [0.29, 0.717) is 13.0 Å². The maximum Gasteiger partial charge on any atom is 0.0518 e. The Labute approximate surface area is 92.5 Å². The highest BCUT2D eigenvalue weighted by Gasteiger charge is 2.12. The van der Waals surface area contributed by atoms with Crippen molar-refractivity contribution >= 4 is 15.9 Å². The van der Waals surface area contributed by atoms with Gasteiger partial charge in [0.25, 0.3) is 0 Å². The second-order valence-corrected chi connectivity index (χ2v) is 4.37. The summed E-state index contributed by atoms with van der Waals surface area (Å²) in [5, 5.41) is 9.30. The Hall–Kier alpha value is -0.450. The Morgan fingerprint density at radius 1 is 1.57 bits per heavy atom. The van der Waals surface area contributed by atoms with Gasteiger partial charge in [-0.3, -0.25) is 4.98 Å². The molecule has 0 bridgehead atoms. The van der Waals surface area contributed by atoms with Gasteiger partial charge in [0.05, 0.1) is 6.10 Å². The van der Waals surface area contributed by atoms with Crippen LogP contribution in [-0.4, -0.2) is 22.7 Å². The molecule has 0 saturated carbocycles. The lowest BCUT2D eigenvalue weighted by molar-refractivity contribution is 0.175. The summed E-state index contributed by atoms with van der Waals surface area (Å²) < 4.78 is 0.944. The van der Waals surface area contributed by atoms with Gasteiger partial charge < -0.3 is 10.8 Å². The van der Waals surface area contributed by atoms with Crippen LogP contribution in [-0.2, 0) is 0 Å². The summed E-state index contributed by atoms with van der Waals surface area (Å²) in [6.45, 7) is 2.30. The van der Waals surface area contributed by atoms with Gasteiger partial charge in [0.2, 0.25) is 0 Å². The fourth-order valence-corrected chi connectivity index (χ4v) is 1.81. The summed E-state index contributed by atoms with van der Waals surface area (Å²) in [7, 11) is 0. The molecule has 1 aromatic heterocycles. The largest absolute Gasteiger partial charge is 0.393 e. The van der Waals surface area contributed by atoms with Gasteiger partial charge in [-0.25, -0.2) is 0 Å². The van der Waals surface area contributed by atoms with Crippen molar-refractivity contribution in [3.05, 3.63) is 28.5 Å². The molecule has 0 aliphatic rings. The van der Waals surface area contributed by atoms with Crippen LogP contribution >= 0.6 is 15.9 Å². The number of hydrogen-bond donors (Lipinski definition) is 2. The predicted octanol–water partition coefficient (Wildman–Crippen LogP) is 1.66. The molecule has 0 aliphatic carbocycles. The first-order valence-corrected chi connectivity index (χ1v) is 5.41. The molecule has 3 N–H and O–H groups in total. The molecule has 3 nitrogen and oxygen atoms in total. The zero-order valence-corrected chi connectivity index (χ0v) is 9.74. The van der Waals surface area contributed by atoms with Gasteiger partial charge in [-0.15, -0.1) is 0 Å². The van der Waals surface area contributed by atoms with Crippen molar-refractivity contribution in [3.63, 3.8) is 0 Å². The second-order valence-electron chi connectivity index (χ2n) is 3.45. The van der Waals surface area contributed by atoms with Crippen molar-refractivity contribution in [2.75, 3.05) is 6.54 Å². The average molecular weight is 259 g/mol. The smallest absolute Gasteiger partial charge is 0.0518 e. The minimum absolute atomic E-state index is 0.181. The SMILES string of the molecule is CC(O)CC(CN)c1cncc(Br)c1. The van der Waals surface area contributed by atoms with Crippen molar-refractivity contribution in [2.24, 2.45) is 5.73 Å². The number of halogens is 1. The summed E-state index contributed by atoms with van der Waals surface area (Å²) in [6, 6.07) is 1.99. The lowest BCUT2D eigenvalue weighted by Crippen LogP contribution is -2.17. The van der Waals surface area contributed by atoms with Crippen LogP contribution in [0.1, 0.15) is 24.8 Å². The van der Waals surface area contributed by atoms with Crippen LogP contribution in [0.3, 0.4) is 0 Å². The summed E-state index contributed by atoms with van der Waals surface area (Å²) in [6.07, 6.45) is 3.88. The van der Waals surface area contributed by atoms with Gasteiger partial charge in [-0.1, -0.05) is 0 Å². The molecule has 0 fully saturated rings. The number of aliphatic hydroxyl groups excluding tert-OH is 1.